The first-order valence-corrected chi connectivity index (χ1v) is 6.57. The number of hydrogen-bond donors (Lipinski definition) is 0. The van der Waals surface area contributed by atoms with Gasteiger partial charge in [-0.15, -0.1) is 0 Å². The predicted molar refractivity (Wildman–Crippen MR) is 56.8 cm³/mol. The Hall–Kier alpha value is -0.433. The lowest BCUT2D eigenvalue weighted by molar-refractivity contribution is 0.588. The zero-order valence-electron chi connectivity index (χ0n) is 8.73. The molecule has 0 spiro atoms. The Morgan fingerprint density at radius 1 is 1.25 bits per heavy atom. The van der Waals surface area contributed by atoms with Gasteiger partial charge in [-0.05, 0) is 17.9 Å². The van der Waals surface area contributed by atoms with E-state index in [0.29, 0.717) is 5.41 Å². The predicted octanol–water partition coefficient (Wildman–Crippen LogP) is 2.86. The Balaban J connectivity index is 3.26. The van der Waals surface area contributed by atoms with Crippen molar-refractivity contribution in [3.05, 3.63) is 28.5 Å². The lowest BCUT2D eigenvalue weighted by Crippen LogP contribution is -2.16. The maximum absolute atomic E-state index is 2.36. The first kappa shape index (κ1) is 9.65. The molecular formula is C11H18Si. The first-order chi connectivity index (χ1) is 5.43. The summed E-state index contributed by atoms with van der Waals surface area (Å²) in [7, 11) is -0.334. The minimum absolute atomic E-state index is 0.320. The van der Waals surface area contributed by atoms with Crippen molar-refractivity contribution in [3.63, 3.8) is 0 Å². The molecule has 12 heavy (non-hydrogen) atoms. The standard InChI is InChI=1S/C11H18Si/c1-9-10(11(2,3)4)7-6-8-12(9)5/h6-8H,1-5H3. The van der Waals surface area contributed by atoms with E-state index in [4.69, 9.17) is 0 Å². The largest absolute Gasteiger partial charge is 0.0778 e. The van der Waals surface area contributed by atoms with Crippen LogP contribution in [0, 0.1) is 6.92 Å². The van der Waals surface area contributed by atoms with Gasteiger partial charge in [0.05, 0.1) is 0 Å². The number of aryl methyl sites for hydroxylation is 1. The summed E-state index contributed by atoms with van der Waals surface area (Å²) < 4.78 is 0. The minimum atomic E-state index is -0.334. The minimum Gasteiger partial charge on any atom is -0.0778 e. The third kappa shape index (κ3) is 1.83. The highest BCUT2D eigenvalue weighted by Gasteiger charge is 2.15. The van der Waals surface area contributed by atoms with E-state index in [1.165, 1.54) is 0 Å². The Morgan fingerprint density at radius 3 is 2.25 bits per heavy atom. The Morgan fingerprint density at radius 2 is 1.83 bits per heavy atom. The van der Waals surface area contributed by atoms with Crippen LogP contribution >= 0.6 is 0 Å². The van der Waals surface area contributed by atoms with Crippen LogP contribution in [0.2, 0.25) is 0 Å². The highest BCUT2D eigenvalue weighted by molar-refractivity contribution is 6.50. The fraction of sp³-hybridized carbons (Fsp3) is 0.545. The molecule has 0 aromatic carbocycles. The van der Waals surface area contributed by atoms with E-state index in [2.05, 4.69) is 52.1 Å². The van der Waals surface area contributed by atoms with E-state index in [1.807, 2.05) is 0 Å². The SMILES string of the molecule is Cc1c(C(C)(C)C)ccc[si]1C. The van der Waals surface area contributed by atoms with Crippen LogP contribution in [0.25, 0.3) is 0 Å². The van der Waals surface area contributed by atoms with Gasteiger partial charge in [0.2, 0.25) is 0 Å². The van der Waals surface area contributed by atoms with Crippen molar-refractivity contribution in [2.45, 2.75) is 33.1 Å². The summed E-state index contributed by atoms with van der Waals surface area (Å²) in [6, 6.07) is 4.49. The van der Waals surface area contributed by atoms with Gasteiger partial charge in [0.15, 0.2) is 0 Å². The summed E-state index contributed by atoms with van der Waals surface area (Å²) in [5.41, 5.74) is 4.22. The fourth-order valence-corrected chi connectivity index (χ4v) is 3.08. The van der Waals surface area contributed by atoms with E-state index in [0.717, 1.165) is 0 Å². The first-order valence-electron chi connectivity index (χ1n) is 4.49. The van der Waals surface area contributed by atoms with E-state index >= 15 is 0 Å². The second-order valence-electron chi connectivity index (χ2n) is 4.50. The molecule has 0 atom stereocenters. The van der Waals surface area contributed by atoms with Gasteiger partial charge < -0.3 is 0 Å². The molecule has 66 valence electrons. The average molecular weight is 178 g/mol. The summed E-state index contributed by atoms with van der Waals surface area (Å²) in [6.07, 6.45) is 0. The van der Waals surface area contributed by atoms with Crippen LogP contribution in [-0.2, 0) is 12.0 Å². The molecule has 0 N–H and O–H groups in total. The third-order valence-electron chi connectivity index (χ3n) is 2.41. The quantitative estimate of drug-likeness (QED) is 0.536. The van der Waals surface area contributed by atoms with Crippen molar-refractivity contribution in [2.75, 3.05) is 0 Å². The molecule has 0 aliphatic rings. The molecule has 1 aromatic heterocycles. The van der Waals surface area contributed by atoms with Gasteiger partial charge >= 0.3 is 0 Å². The molecule has 0 fully saturated rings. The lowest BCUT2D eigenvalue weighted by Gasteiger charge is -2.22. The van der Waals surface area contributed by atoms with E-state index < -0.39 is 0 Å². The van der Waals surface area contributed by atoms with Crippen molar-refractivity contribution in [1.29, 1.82) is 0 Å². The molecule has 0 radical (unpaired) electrons. The second kappa shape index (κ2) is 3.13. The molecule has 1 heteroatoms. The normalized spacial score (nSPS) is 11.8. The fourth-order valence-electron chi connectivity index (χ4n) is 1.56. The molecule has 0 saturated carbocycles. The Kier molecular flexibility index (Phi) is 2.52. The highest BCUT2D eigenvalue weighted by Crippen LogP contribution is 2.24. The monoisotopic (exact) mass is 178 g/mol. The van der Waals surface area contributed by atoms with Crippen molar-refractivity contribution < 1.29 is 0 Å². The molecule has 0 amide bonds. The molecule has 0 bridgehead atoms. The van der Waals surface area contributed by atoms with E-state index in [1.54, 1.807) is 10.7 Å². The molecule has 0 aliphatic heterocycles. The zero-order valence-corrected chi connectivity index (χ0v) is 9.73. The van der Waals surface area contributed by atoms with Crippen LogP contribution in [-0.4, -0.2) is 8.40 Å². The third-order valence-corrected chi connectivity index (χ3v) is 4.56. The highest BCUT2D eigenvalue weighted by atomic mass is 28.2. The van der Waals surface area contributed by atoms with Crippen LogP contribution in [0.3, 0.4) is 0 Å². The van der Waals surface area contributed by atoms with Crippen LogP contribution in [0.4, 0.5) is 0 Å². The van der Waals surface area contributed by atoms with Gasteiger partial charge in [-0.1, -0.05) is 50.3 Å². The second-order valence-corrected chi connectivity index (χ2v) is 6.95. The summed E-state index contributed by atoms with van der Waals surface area (Å²) in [6.45, 7) is 11.5. The molecule has 0 saturated heterocycles. The summed E-state index contributed by atoms with van der Waals surface area (Å²) in [5, 5.41) is 1.62. The zero-order chi connectivity index (χ0) is 9.35. The smallest absolute Gasteiger partial charge is 0.0372 e. The Bertz CT molecular complexity index is 282. The van der Waals surface area contributed by atoms with Crippen molar-refractivity contribution in [2.24, 2.45) is 6.55 Å². The van der Waals surface area contributed by atoms with Crippen LogP contribution in [0.15, 0.2) is 17.8 Å². The molecular weight excluding hydrogens is 160 g/mol. The number of hydrogen-bond acceptors (Lipinski definition) is 0. The molecule has 0 unspecified atom stereocenters. The maximum Gasteiger partial charge on any atom is 0.0372 e. The molecule has 1 heterocycles. The van der Waals surface area contributed by atoms with Crippen LogP contribution in [0.5, 0.6) is 0 Å². The summed E-state index contributed by atoms with van der Waals surface area (Å²) in [4.78, 5) is 0. The average Bonchev–Trinajstić information content (AvgIpc) is 1.92. The van der Waals surface area contributed by atoms with Crippen molar-refractivity contribution in [1.82, 2.24) is 0 Å². The van der Waals surface area contributed by atoms with E-state index in [9.17, 15) is 0 Å². The van der Waals surface area contributed by atoms with Gasteiger partial charge in [-0.2, -0.15) is 0 Å². The molecule has 0 aliphatic carbocycles. The van der Waals surface area contributed by atoms with Gasteiger partial charge in [-0.3, -0.25) is 0 Å². The van der Waals surface area contributed by atoms with Crippen molar-refractivity contribution in [3.8, 4) is 0 Å². The Labute approximate surface area is 77.2 Å². The van der Waals surface area contributed by atoms with Crippen LogP contribution in [0.1, 0.15) is 31.5 Å². The molecule has 1 aromatic rings. The van der Waals surface area contributed by atoms with Gasteiger partial charge in [-0.25, -0.2) is 0 Å². The number of rotatable bonds is 0. The summed E-state index contributed by atoms with van der Waals surface area (Å²) >= 11 is 0. The topological polar surface area (TPSA) is 0 Å². The van der Waals surface area contributed by atoms with Crippen molar-refractivity contribution >= 4 is 8.40 Å². The van der Waals surface area contributed by atoms with Gasteiger partial charge in [0.25, 0.3) is 0 Å². The maximum atomic E-state index is 2.36. The summed E-state index contributed by atoms with van der Waals surface area (Å²) in [5.74, 6) is 0. The molecule has 1 rings (SSSR count). The van der Waals surface area contributed by atoms with E-state index in [-0.39, 0.29) is 8.40 Å². The van der Waals surface area contributed by atoms with Crippen LogP contribution < -0.4 is 0 Å². The van der Waals surface area contributed by atoms with Gasteiger partial charge in [0, 0.05) is 8.40 Å². The lowest BCUT2D eigenvalue weighted by atomic mass is 9.87. The molecule has 0 nitrogen and oxygen atoms in total. The van der Waals surface area contributed by atoms with Gasteiger partial charge in [0.1, 0.15) is 0 Å².